The van der Waals surface area contributed by atoms with Crippen LogP contribution in [0.5, 0.6) is 0 Å². The standard InChI is InChI=1S/C17H16N2O/c1-20-12-14-8-6-13(7-9-14)10-11-17-15-4-2-3-5-16(15)18-19-17/h2-11H,12H2,1H3,(H,18,19). The van der Waals surface area contributed by atoms with Crippen molar-refractivity contribution in [2.24, 2.45) is 0 Å². The summed E-state index contributed by atoms with van der Waals surface area (Å²) in [5, 5.41) is 8.50. The fraction of sp³-hybridized carbons (Fsp3) is 0.118. The monoisotopic (exact) mass is 264 g/mol. The van der Waals surface area contributed by atoms with Gasteiger partial charge in [0.25, 0.3) is 0 Å². The van der Waals surface area contributed by atoms with Crippen LogP contribution in [0, 0.1) is 0 Å². The highest BCUT2D eigenvalue weighted by molar-refractivity contribution is 5.89. The first-order valence-electron chi connectivity index (χ1n) is 6.56. The van der Waals surface area contributed by atoms with E-state index in [-0.39, 0.29) is 0 Å². The van der Waals surface area contributed by atoms with Crippen LogP contribution in [0.3, 0.4) is 0 Å². The Labute approximate surface area is 117 Å². The van der Waals surface area contributed by atoms with Crippen molar-refractivity contribution in [1.82, 2.24) is 10.2 Å². The molecule has 20 heavy (non-hydrogen) atoms. The molecule has 1 aromatic heterocycles. The van der Waals surface area contributed by atoms with Crippen LogP contribution in [0.4, 0.5) is 0 Å². The summed E-state index contributed by atoms with van der Waals surface area (Å²) in [6.45, 7) is 0.647. The first kappa shape index (κ1) is 12.6. The maximum atomic E-state index is 5.10. The van der Waals surface area contributed by atoms with Crippen molar-refractivity contribution in [1.29, 1.82) is 0 Å². The molecule has 0 unspecified atom stereocenters. The molecular weight excluding hydrogens is 248 g/mol. The average molecular weight is 264 g/mol. The summed E-state index contributed by atoms with van der Waals surface area (Å²) < 4.78 is 5.10. The number of nitrogens with zero attached hydrogens (tertiary/aromatic N) is 1. The van der Waals surface area contributed by atoms with Gasteiger partial charge in [-0.05, 0) is 23.3 Å². The van der Waals surface area contributed by atoms with Crippen molar-refractivity contribution in [3.63, 3.8) is 0 Å². The third-order valence-electron chi connectivity index (χ3n) is 3.22. The number of hydrogen-bond donors (Lipinski definition) is 1. The Balaban J connectivity index is 1.83. The Bertz CT molecular complexity index is 726. The van der Waals surface area contributed by atoms with Gasteiger partial charge < -0.3 is 4.74 Å². The van der Waals surface area contributed by atoms with E-state index in [1.165, 1.54) is 5.56 Å². The molecule has 0 amide bonds. The molecule has 2 aromatic carbocycles. The molecule has 0 bridgehead atoms. The molecule has 0 saturated heterocycles. The van der Waals surface area contributed by atoms with E-state index >= 15 is 0 Å². The number of ether oxygens (including phenoxy) is 1. The minimum Gasteiger partial charge on any atom is -0.380 e. The number of aromatic nitrogens is 2. The molecule has 0 radical (unpaired) electrons. The Morgan fingerprint density at radius 2 is 1.85 bits per heavy atom. The lowest BCUT2D eigenvalue weighted by molar-refractivity contribution is 0.185. The smallest absolute Gasteiger partial charge is 0.0927 e. The van der Waals surface area contributed by atoms with E-state index in [1.54, 1.807) is 7.11 Å². The van der Waals surface area contributed by atoms with E-state index in [9.17, 15) is 0 Å². The van der Waals surface area contributed by atoms with Gasteiger partial charge in [-0.1, -0.05) is 48.5 Å². The molecule has 0 aliphatic rings. The Morgan fingerprint density at radius 3 is 2.65 bits per heavy atom. The lowest BCUT2D eigenvalue weighted by atomic mass is 10.1. The molecule has 3 heteroatoms. The highest BCUT2D eigenvalue weighted by Crippen LogP contribution is 2.17. The minimum atomic E-state index is 0.647. The molecule has 0 aliphatic carbocycles. The molecule has 0 aliphatic heterocycles. The Hall–Kier alpha value is -2.39. The van der Waals surface area contributed by atoms with Crippen LogP contribution in [0.25, 0.3) is 23.1 Å². The fourth-order valence-corrected chi connectivity index (χ4v) is 2.18. The summed E-state index contributed by atoms with van der Waals surface area (Å²) in [6.07, 6.45) is 4.10. The predicted molar refractivity (Wildman–Crippen MR) is 82.2 cm³/mol. The van der Waals surface area contributed by atoms with Crippen LogP contribution in [-0.2, 0) is 11.3 Å². The summed E-state index contributed by atoms with van der Waals surface area (Å²) in [5.41, 5.74) is 4.34. The van der Waals surface area contributed by atoms with Gasteiger partial charge in [-0.15, -0.1) is 0 Å². The zero-order valence-electron chi connectivity index (χ0n) is 11.3. The molecule has 3 aromatic rings. The van der Waals surface area contributed by atoms with Crippen LogP contribution >= 0.6 is 0 Å². The normalized spacial score (nSPS) is 11.4. The van der Waals surface area contributed by atoms with Gasteiger partial charge >= 0.3 is 0 Å². The van der Waals surface area contributed by atoms with Gasteiger partial charge in [-0.3, -0.25) is 5.10 Å². The molecule has 0 spiro atoms. The molecule has 0 saturated carbocycles. The fourth-order valence-electron chi connectivity index (χ4n) is 2.18. The minimum absolute atomic E-state index is 0.647. The van der Waals surface area contributed by atoms with E-state index in [0.717, 1.165) is 22.2 Å². The lowest BCUT2D eigenvalue weighted by Gasteiger charge is -1.99. The van der Waals surface area contributed by atoms with Crippen molar-refractivity contribution in [3.8, 4) is 0 Å². The highest BCUT2D eigenvalue weighted by Gasteiger charge is 2.00. The molecule has 0 fully saturated rings. The molecule has 1 N–H and O–H groups in total. The first-order valence-corrected chi connectivity index (χ1v) is 6.56. The number of methoxy groups -OCH3 is 1. The number of nitrogens with one attached hydrogen (secondary N) is 1. The molecule has 3 rings (SSSR count). The van der Waals surface area contributed by atoms with Gasteiger partial charge in [0.2, 0.25) is 0 Å². The number of rotatable bonds is 4. The molecule has 100 valence electrons. The number of H-pyrrole nitrogens is 1. The summed E-state index contributed by atoms with van der Waals surface area (Å²) in [4.78, 5) is 0. The van der Waals surface area contributed by atoms with E-state index in [0.29, 0.717) is 6.61 Å². The van der Waals surface area contributed by atoms with Gasteiger partial charge in [0.1, 0.15) is 0 Å². The Kier molecular flexibility index (Phi) is 3.61. The van der Waals surface area contributed by atoms with Crippen LogP contribution in [-0.4, -0.2) is 17.3 Å². The number of aromatic amines is 1. The van der Waals surface area contributed by atoms with Crippen LogP contribution < -0.4 is 0 Å². The van der Waals surface area contributed by atoms with E-state index < -0.39 is 0 Å². The van der Waals surface area contributed by atoms with Gasteiger partial charge in [0.05, 0.1) is 17.8 Å². The third kappa shape index (κ3) is 2.63. The van der Waals surface area contributed by atoms with Gasteiger partial charge in [-0.2, -0.15) is 5.10 Å². The van der Waals surface area contributed by atoms with Crippen molar-refractivity contribution >= 4 is 23.1 Å². The topological polar surface area (TPSA) is 37.9 Å². The highest BCUT2D eigenvalue weighted by atomic mass is 16.5. The molecule has 3 nitrogen and oxygen atoms in total. The van der Waals surface area contributed by atoms with Crippen LogP contribution in [0.15, 0.2) is 48.5 Å². The second-order valence-corrected chi connectivity index (χ2v) is 4.66. The molecule has 0 atom stereocenters. The molecule has 1 heterocycles. The summed E-state index contributed by atoms with van der Waals surface area (Å²) in [6, 6.07) is 16.4. The molecular formula is C17H16N2O. The second kappa shape index (κ2) is 5.72. The van der Waals surface area contributed by atoms with Gasteiger partial charge in [0, 0.05) is 12.5 Å². The average Bonchev–Trinajstić information content (AvgIpc) is 2.90. The van der Waals surface area contributed by atoms with Crippen molar-refractivity contribution < 1.29 is 4.74 Å². The van der Waals surface area contributed by atoms with Gasteiger partial charge in [-0.25, -0.2) is 0 Å². The van der Waals surface area contributed by atoms with E-state index in [2.05, 4.69) is 46.6 Å². The first-order chi connectivity index (χ1) is 9.86. The number of para-hydroxylation sites is 1. The SMILES string of the molecule is COCc1ccc(C=Cc2n[nH]c3ccccc23)cc1. The number of benzene rings is 2. The number of hydrogen-bond acceptors (Lipinski definition) is 2. The largest absolute Gasteiger partial charge is 0.380 e. The zero-order valence-corrected chi connectivity index (χ0v) is 11.3. The van der Waals surface area contributed by atoms with Crippen LogP contribution in [0.2, 0.25) is 0 Å². The number of fused-ring (bicyclic) bond motifs is 1. The Morgan fingerprint density at radius 1 is 1.05 bits per heavy atom. The van der Waals surface area contributed by atoms with Crippen LogP contribution in [0.1, 0.15) is 16.8 Å². The maximum Gasteiger partial charge on any atom is 0.0927 e. The lowest BCUT2D eigenvalue weighted by Crippen LogP contribution is -1.86. The van der Waals surface area contributed by atoms with E-state index in [4.69, 9.17) is 4.74 Å². The quantitative estimate of drug-likeness (QED) is 0.776. The van der Waals surface area contributed by atoms with Crippen molar-refractivity contribution in [2.45, 2.75) is 6.61 Å². The zero-order chi connectivity index (χ0) is 13.8. The summed E-state index contributed by atoms with van der Waals surface area (Å²) >= 11 is 0. The third-order valence-corrected chi connectivity index (χ3v) is 3.22. The summed E-state index contributed by atoms with van der Waals surface area (Å²) in [5.74, 6) is 0. The predicted octanol–water partition coefficient (Wildman–Crippen LogP) is 3.88. The maximum absolute atomic E-state index is 5.10. The van der Waals surface area contributed by atoms with Gasteiger partial charge in [0.15, 0.2) is 0 Å². The van der Waals surface area contributed by atoms with Crippen molar-refractivity contribution in [3.05, 3.63) is 65.4 Å². The second-order valence-electron chi connectivity index (χ2n) is 4.66. The summed E-state index contributed by atoms with van der Waals surface area (Å²) in [7, 11) is 1.70. The van der Waals surface area contributed by atoms with Crippen molar-refractivity contribution in [2.75, 3.05) is 7.11 Å². The van der Waals surface area contributed by atoms with E-state index in [1.807, 2.05) is 24.3 Å².